The van der Waals surface area contributed by atoms with E-state index in [4.69, 9.17) is 4.74 Å². The van der Waals surface area contributed by atoms with Crippen molar-refractivity contribution in [2.75, 3.05) is 12.3 Å². The van der Waals surface area contributed by atoms with E-state index in [0.29, 0.717) is 29.8 Å². The molecular formula is C17H21FN4O2S. The molecule has 1 amide bonds. The lowest BCUT2D eigenvalue weighted by molar-refractivity contribution is -0.118. The van der Waals surface area contributed by atoms with Gasteiger partial charge in [0.1, 0.15) is 18.2 Å². The van der Waals surface area contributed by atoms with E-state index in [9.17, 15) is 9.18 Å². The number of nitrogens with one attached hydrogen (secondary N) is 1. The molecule has 1 aromatic carbocycles. The van der Waals surface area contributed by atoms with Crippen LogP contribution in [-0.2, 0) is 17.9 Å². The third kappa shape index (κ3) is 5.90. The standard InChI is InChI=1S/C17H21FN4O2S/c1-3-9-19-16(23)12-25-17-21-20-15(22(17)10-4-2)11-24-14-7-5-13(18)6-8-14/h4-8H,2-3,9-12H2,1H3,(H,19,23). The summed E-state index contributed by atoms with van der Waals surface area (Å²) < 4.78 is 20.4. The first-order chi connectivity index (χ1) is 12.1. The van der Waals surface area contributed by atoms with Gasteiger partial charge in [0.2, 0.25) is 5.91 Å². The smallest absolute Gasteiger partial charge is 0.230 e. The highest BCUT2D eigenvalue weighted by Crippen LogP contribution is 2.19. The van der Waals surface area contributed by atoms with Crippen molar-refractivity contribution in [1.82, 2.24) is 20.1 Å². The average molecular weight is 364 g/mol. The molecule has 2 rings (SSSR count). The van der Waals surface area contributed by atoms with E-state index >= 15 is 0 Å². The Morgan fingerprint density at radius 1 is 1.40 bits per heavy atom. The summed E-state index contributed by atoms with van der Waals surface area (Å²) in [7, 11) is 0. The molecule has 1 aromatic heterocycles. The van der Waals surface area contributed by atoms with Crippen molar-refractivity contribution >= 4 is 17.7 Å². The monoisotopic (exact) mass is 364 g/mol. The fourth-order valence-electron chi connectivity index (χ4n) is 1.97. The number of hydrogen-bond acceptors (Lipinski definition) is 5. The van der Waals surface area contributed by atoms with Crippen LogP contribution >= 0.6 is 11.8 Å². The summed E-state index contributed by atoms with van der Waals surface area (Å²) in [5.41, 5.74) is 0. The second-order valence-corrected chi connectivity index (χ2v) is 6.12. The van der Waals surface area contributed by atoms with Crippen LogP contribution in [0.25, 0.3) is 0 Å². The number of hydrogen-bond donors (Lipinski definition) is 1. The molecule has 0 spiro atoms. The number of halogens is 1. The number of benzene rings is 1. The third-order valence-electron chi connectivity index (χ3n) is 3.19. The molecule has 1 heterocycles. The molecule has 1 N–H and O–H groups in total. The van der Waals surface area contributed by atoms with Gasteiger partial charge in [0.25, 0.3) is 0 Å². The van der Waals surface area contributed by atoms with Crippen molar-refractivity contribution in [1.29, 1.82) is 0 Å². The molecule has 0 aliphatic carbocycles. The topological polar surface area (TPSA) is 69.0 Å². The van der Waals surface area contributed by atoms with Crippen LogP contribution in [0.3, 0.4) is 0 Å². The second-order valence-electron chi connectivity index (χ2n) is 5.18. The number of aromatic nitrogens is 3. The number of carbonyl (C=O) groups is 1. The Bertz CT molecular complexity index is 703. The molecule has 0 unspecified atom stereocenters. The zero-order chi connectivity index (χ0) is 18.1. The first-order valence-electron chi connectivity index (χ1n) is 7.94. The molecule has 134 valence electrons. The molecule has 0 saturated heterocycles. The fourth-order valence-corrected chi connectivity index (χ4v) is 2.77. The largest absolute Gasteiger partial charge is 0.486 e. The number of allylic oxidation sites excluding steroid dienone is 1. The van der Waals surface area contributed by atoms with Crippen LogP contribution in [0.2, 0.25) is 0 Å². The van der Waals surface area contributed by atoms with Gasteiger partial charge in [-0.25, -0.2) is 4.39 Å². The molecule has 6 nitrogen and oxygen atoms in total. The lowest BCUT2D eigenvalue weighted by Crippen LogP contribution is -2.25. The van der Waals surface area contributed by atoms with Crippen molar-refractivity contribution in [2.24, 2.45) is 0 Å². The van der Waals surface area contributed by atoms with E-state index in [1.807, 2.05) is 11.5 Å². The van der Waals surface area contributed by atoms with Crippen LogP contribution in [0, 0.1) is 5.82 Å². The van der Waals surface area contributed by atoms with Gasteiger partial charge in [-0.05, 0) is 30.7 Å². The highest BCUT2D eigenvalue weighted by atomic mass is 32.2. The SMILES string of the molecule is C=CCn1c(COc2ccc(F)cc2)nnc1SCC(=O)NCCC. The molecule has 0 saturated carbocycles. The summed E-state index contributed by atoms with van der Waals surface area (Å²) in [5.74, 6) is 1.07. The Morgan fingerprint density at radius 3 is 2.84 bits per heavy atom. The molecule has 0 aliphatic rings. The van der Waals surface area contributed by atoms with Gasteiger partial charge in [-0.2, -0.15) is 0 Å². The minimum absolute atomic E-state index is 0.0379. The van der Waals surface area contributed by atoms with Gasteiger partial charge in [0, 0.05) is 13.1 Å². The van der Waals surface area contributed by atoms with Crippen LogP contribution in [0.5, 0.6) is 5.75 Å². The Kier molecular flexibility index (Phi) is 7.46. The highest BCUT2D eigenvalue weighted by Gasteiger charge is 2.14. The quantitative estimate of drug-likeness (QED) is 0.519. The van der Waals surface area contributed by atoms with Gasteiger partial charge in [-0.3, -0.25) is 9.36 Å². The first kappa shape index (κ1) is 19.0. The Balaban J connectivity index is 1.98. The summed E-state index contributed by atoms with van der Waals surface area (Å²) in [6.07, 6.45) is 2.62. The minimum atomic E-state index is -0.317. The Labute approximate surface area is 150 Å². The number of rotatable bonds is 10. The maximum atomic E-state index is 12.9. The van der Waals surface area contributed by atoms with E-state index < -0.39 is 0 Å². The number of amides is 1. The molecular weight excluding hydrogens is 343 g/mol. The van der Waals surface area contributed by atoms with Crippen LogP contribution in [0.1, 0.15) is 19.2 Å². The van der Waals surface area contributed by atoms with E-state index in [-0.39, 0.29) is 24.1 Å². The lowest BCUT2D eigenvalue weighted by atomic mass is 10.3. The normalized spacial score (nSPS) is 10.5. The second kappa shape index (κ2) is 9.83. The summed E-state index contributed by atoms with van der Waals surface area (Å²) in [6.45, 7) is 7.10. The van der Waals surface area contributed by atoms with Crippen LogP contribution in [0.15, 0.2) is 42.1 Å². The predicted octanol–water partition coefficient (Wildman–Crippen LogP) is 2.80. The fraction of sp³-hybridized carbons (Fsp3) is 0.353. The summed E-state index contributed by atoms with van der Waals surface area (Å²) in [5, 5.41) is 11.7. The van der Waals surface area contributed by atoms with E-state index in [0.717, 1.165) is 6.42 Å². The summed E-state index contributed by atoms with van der Waals surface area (Å²) in [4.78, 5) is 11.7. The van der Waals surface area contributed by atoms with Crippen molar-refractivity contribution in [2.45, 2.75) is 31.7 Å². The minimum Gasteiger partial charge on any atom is -0.486 e. The zero-order valence-corrected chi connectivity index (χ0v) is 14.9. The van der Waals surface area contributed by atoms with Crippen LogP contribution in [0.4, 0.5) is 4.39 Å². The molecule has 0 atom stereocenters. The van der Waals surface area contributed by atoms with Crippen LogP contribution in [-0.4, -0.2) is 33.0 Å². The van der Waals surface area contributed by atoms with E-state index in [1.165, 1.54) is 23.9 Å². The van der Waals surface area contributed by atoms with Crippen molar-refractivity contribution in [3.63, 3.8) is 0 Å². The molecule has 8 heteroatoms. The van der Waals surface area contributed by atoms with Crippen molar-refractivity contribution < 1.29 is 13.9 Å². The first-order valence-corrected chi connectivity index (χ1v) is 8.93. The molecule has 0 bridgehead atoms. The Morgan fingerprint density at radius 2 is 2.16 bits per heavy atom. The van der Waals surface area contributed by atoms with Gasteiger partial charge in [-0.15, -0.1) is 16.8 Å². The van der Waals surface area contributed by atoms with Gasteiger partial charge >= 0.3 is 0 Å². The number of nitrogens with zero attached hydrogens (tertiary/aromatic N) is 3. The Hall–Kier alpha value is -2.35. The number of carbonyl (C=O) groups excluding carboxylic acids is 1. The van der Waals surface area contributed by atoms with Crippen LogP contribution < -0.4 is 10.1 Å². The molecule has 0 fully saturated rings. The van der Waals surface area contributed by atoms with Crippen molar-refractivity contribution in [3.05, 3.63) is 48.6 Å². The molecule has 25 heavy (non-hydrogen) atoms. The molecule has 2 aromatic rings. The maximum Gasteiger partial charge on any atom is 0.230 e. The molecule has 0 aliphatic heterocycles. The van der Waals surface area contributed by atoms with Gasteiger partial charge < -0.3 is 10.1 Å². The summed E-state index contributed by atoms with van der Waals surface area (Å²) in [6, 6.07) is 5.77. The number of ether oxygens (including phenoxy) is 1. The van der Waals surface area contributed by atoms with Gasteiger partial charge in [-0.1, -0.05) is 24.8 Å². The van der Waals surface area contributed by atoms with Gasteiger partial charge in [0.15, 0.2) is 11.0 Å². The predicted molar refractivity (Wildman–Crippen MR) is 95.0 cm³/mol. The molecule has 0 radical (unpaired) electrons. The maximum absolute atomic E-state index is 12.9. The van der Waals surface area contributed by atoms with E-state index in [1.54, 1.807) is 18.2 Å². The zero-order valence-electron chi connectivity index (χ0n) is 14.1. The number of thioether (sulfide) groups is 1. The lowest BCUT2D eigenvalue weighted by Gasteiger charge is -2.09. The van der Waals surface area contributed by atoms with Gasteiger partial charge in [0.05, 0.1) is 5.75 Å². The third-order valence-corrected chi connectivity index (χ3v) is 4.16. The van der Waals surface area contributed by atoms with E-state index in [2.05, 4.69) is 22.1 Å². The average Bonchev–Trinajstić information content (AvgIpc) is 3.00. The highest BCUT2D eigenvalue weighted by molar-refractivity contribution is 7.99. The van der Waals surface area contributed by atoms with Crippen molar-refractivity contribution in [3.8, 4) is 5.75 Å². The summed E-state index contributed by atoms with van der Waals surface area (Å²) >= 11 is 1.31.